The van der Waals surface area contributed by atoms with Crippen LogP contribution in [-0.4, -0.2) is 11.1 Å². The fraction of sp³-hybridized carbons (Fsp3) is 0.200. The molecule has 78 valence electrons. The van der Waals surface area contributed by atoms with Gasteiger partial charge in [-0.1, -0.05) is 11.6 Å². The molecule has 0 saturated heterocycles. The molecule has 0 unspecified atom stereocenters. The second-order valence-electron chi connectivity index (χ2n) is 2.91. The van der Waals surface area contributed by atoms with Gasteiger partial charge in [-0.05, 0) is 23.3 Å². The number of hydrogen-bond acceptors (Lipinski definition) is 2. The van der Waals surface area contributed by atoms with E-state index in [4.69, 9.17) is 33.6 Å². The first-order valence-corrected chi connectivity index (χ1v) is 4.99. The van der Waals surface area contributed by atoms with E-state index in [1.165, 1.54) is 12.1 Å². The van der Waals surface area contributed by atoms with Crippen LogP contribution in [0.3, 0.4) is 0 Å². The summed E-state index contributed by atoms with van der Waals surface area (Å²) >= 11 is 11.4. The molecule has 0 amide bonds. The Morgan fingerprint density at radius 1 is 1.53 bits per heavy atom. The van der Waals surface area contributed by atoms with E-state index >= 15 is 0 Å². The number of alkyl halides is 1. The van der Waals surface area contributed by atoms with Gasteiger partial charge in [0, 0.05) is 10.9 Å². The van der Waals surface area contributed by atoms with Crippen LogP contribution in [0.25, 0.3) is 0 Å². The number of aliphatic carboxylic acids is 1. The minimum atomic E-state index is -0.979. The summed E-state index contributed by atoms with van der Waals surface area (Å²) in [6.07, 6.45) is -0.183. The van der Waals surface area contributed by atoms with Crippen molar-refractivity contribution in [3.63, 3.8) is 0 Å². The lowest BCUT2D eigenvalue weighted by atomic mass is 10.0. The molecule has 1 aromatic carbocycles. The minimum Gasteiger partial charge on any atom is -0.481 e. The van der Waals surface area contributed by atoms with Crippen LogP contribution >= 0.6 is 23.2 Å². The van der Waals surface area contributed by atoms with E-state index in [1.54, 1.807) is 0 Å². The van der Waals surface area contributed by atoms with Crippen molar-refractivity contribution in [1.82, 2.24) is 0 Å². The Morgan fingerprint density at radius 2 is 2.20 bits per heavy atom. The molecule has 1 rings (SSSR count). The Balaban J connectivity index is 3.30. The van der Waals surface area contributed by atoms with E-state index in [2.05, 4.69) is 0 Å². The van der Waals surface area contributed by atoms with Crippen LogP contribution in [0.5, 0.6) is 0 Å². The van der Waals surface area contributed by atoms with Gasteiger partial charge < -0.3 is 5.11 Å². The zero-order valence-electron chi connectivity index (χ0n) is 7.63. The number of carbonyl (C=O) groups is 1. The summed E-state index contributed by atoms with van der Waals surface area (Å²) in [6, 6.07) is 4.94. The number of nitrogens with zero attached hydrogens (tertiary/aromatic N) is 1. The first kappa shape index (κ1) is 11.8. The summed E-state index contributed by atoms with van der Waals surface area (Å²) in [6.45, 7) is 0. The number of rotatable bonds is 3. The SMILES string of the molecule is N#Cc1cc(Cl)cc(CC(=O)O)c1CCl. The van der Waals surface area contributed by atoms with Crippen molar-refractivity contribution < 1.29 is 9.90 Å². The van der Waals surface area contributed by atoms with E-state index in [1.807, 2.05) is 6.07 Å². The molecular weight excluding hydrogens is 237 g/mol. The lowest BCUT2D eigenvalue weighted by molar-refractivity contribution is -0.136. The third-order valence-electron chi connectivity index (χ3n) is 1.90. The van der Waals surface area contributed by atoms with E-state index < -0.39 is 5.97 Å². The van der Waals surface area contributed by atoms with Crippen molar-refractivity contribution in [2.24, 2.45) is 0 Å². The van der Waals surface area contributed by atoms with Gasteiger partial charge >= 0.3 is 5.97 Å². The highest BCUT2D eigenvalue weighted by Gasteiger charge is 2.12. The number of halogens is 2. The van der Waals surface area contributed by atoms with Gasteiger partial charge in [0.15, 0.2) is 0 Å². The molecule has 15 heavy (non-hydrogen) atoms. The third-order valence-corrected chi connectivity index (χ3v) is 2.39. The normalized spacial score (nSPS) is 9.67. The molecule has 0 aromatic heterocycles. The standard InChI is InChI=1S/C10H7Cl2NO2/c11-4-9-6(3-10(14)15)1-8(12)2-7(9)5-13/h1-2H,3-4H2,(H,14,15). The second-order valence-corrected chi connectivity index (χ2v) is 3.61. The third kappa shape index (κ3) is 2.85. The Bertz CT molecular complexity index is 438. The Labute approximate surface area is 96.8 Å². The summed E-state index contributed by atoms with van der Waals surface area (Å²) in [7, 11) is 0. The zero-order valence-corrected chi connectivity index (χ0v) is 9.14. The molecule has 1 aromatic rings. The first-order valence-electron chi connectivity index (χ1n) is 4.07. The van der Waals surface area contributed by atoms with Gasteiger partial charge in [0.05, 0.1) is 18.1 Å². The van der Waals surface area contributed by atoms with Crippen LogP contribution in [0.4, 0.5) is 0 Å². The molecule has 0 fully saturated rings. The first-order chi connectivity index (χ1) is 7.08. The number of nitriles is 1. The predicted octanol–water partition coefficient (Wildman–Crippen LogP) is 2.58. The van der Waals surface area contributed by atoms with Crippen LogP contribution < -0.4 is 0 Å². The molecule has 0 bridgehead atoms. The van der Waals surface area contributed by atoms with Crippen LogP contribution in [-0.2, 0) is 17.1 Å². The fourth-order valence-electron chi connectivity index (χ4n) is 1.27. The summed E-state index contributed by atoms with van der Waals surface area (Å²) in [5.41, 5.74) is 1.35. The topological polar surface area (TPSA) is 61.1 Å². The van der Waals surface area contributed by atoms with Gasteiger partial charge in [-0.15, -0.1) is 11.6 Å². The smallest absolute Gasteiger partial charge is 0.307 e. The zero-order chi connectivity index (χ0) is 11.4. The molecule has 0 saturated carbocycles. The van der Waals surface area contributed by atoms with Gasteiger partial charge in [0.25, 0.3) is 0 Å². The maximum atomic E-state index is 10.6. The van der Waals surface area contributed by atoms with Crippen molar-refractivity contribution in [3.8, 4) is 6.07 Å². The average molecular weight is 244 g/mol. The van der Waals surface area contributed by atoms with Crippen LogP contribution in [0.15, 0.2) is 12.1 Å². The number of benzene rings is 1. The van der Waals surface area contributed by atoms with E-state index in [0.717, 1.165) is 0 Å². The largest absolute Gasteiger partial charge is 0.481 e. The molecule has 0 aliphatic rings. The summed E-state index contributed by atoms with van der Waals surface area (Å²) in [5, 5.41) is 17.8. The molecule has 3 nitrogen and oxygen atoms in total. The molecule has 1 N–H and O–H groups in total. The Kier molecular flexibility index (Phi) is 3.96. The average Bonchev–Trinajstić information content (AvgIpc) is 2.15. The highest BCUT2D eigenvalue weighted by atomic mass is 35.5. The highest BCUT2D eigenvalue weighted by molar-refractivity contribution is 6.30. The van der Waals surface area contributed by atoms with Gasteiger partial charge in [-0.3, -0.25) is 4.79 Å². The number of hydrogen-bond donors (Lipinski definition) is 1. The lowest BCUT2D eigenvalue weighted by Gasteiger charge is -2.07. The van der Waals surface area contributed by atoms with Crippen molar-refractivity contribution in [3.05, 3.63) is 33.8 Å². The van der Waals surface area contributed by atoms with Gasteiger partial charge in [0.2, 0.25) is 0 Å². The number of carboxylic acid groups (broad SMARTS) is 1. The van der Waals surface area contributed by atoms with Crippen LogP contribution in [0, 0.1) is 11.3 Å². The maximum absolute atomic E-state index is 10.6. The summed E-state index contributed by atoms with van der Waals surface area (Å²) in [5.74, 6) is -0.879. The van der Waals surface area contributed by atoms with Crippen LogP contribution in [0.2, 0.25) is 5.02 Å². The fourth-order valence-corrected chi connectivity index (χ4v) is 1.83. The van der Waals surface area contributed by atoms with Crippen LogP contribution in [0.1, 0.15) is 16.7 Å². The highest BCUT2D eigenvalue weighted by Crippen LogP contribution is 2.23. The predicted molar refractivity (Wildman–Crippen MR) is 57.1 cm³/mol. The van der Waals surface area contributed by atoms with E-state index in [0.29, 0.717) is 21.7 Å². The quantitative estimate of drug-likeness (QED) is 0.831. The van der Waals surface area contributed by atoms with Crippen molar-refractivity contribution in [1.29, 1.82) is 5.26 Å². The van der Waals surface area contributed by atoms with Crippen molar-refractivity contribution >= 4 is 29.2 Å². The molecule has 0 heterocycles. The molecule has 0 radical (unpaired) electrons. The van der Waals surface area contributed by atoms with Gasteiger partial charge in [-0.2, -0.15) is 5.26 Å². The van der Waals surface area contributed by atoms with Gasteiger partial charge in [-0.25, -0.2) is 0 Å². The molecule has 0 spiro atoms. The lowest BCUT2D eigenvalue weighted by Crippen LogP contribution is -2.04. The van der Waals surface area contributed by atoms with Crippen molar-refractivity contribution in [2.75, 3.05) is 0 Å². The maximum Gasteiger partial charge on any atom is 0.307 e. The second kappa shape index (κ2) is 5.01. The number of carboxylic acids is 1. The monoisotopic (exact) mass is 243 g/mol. The van der Waals surface area contributed by atoms with E-state index in [-0.39, 0.29) is 12.3 Å². The minimum absolute atomic E-state index is 0.0999. The molecular formula is C10H7Cl2NO2. The Hall–Kier alpha value is -1.24. The van der Waals surface area contributed by atoms with Gasteiger partial charge in [0.1, 0.15) is 0 Å². The summed E-state index contributed by atoms with van der Waals surface area (Å²) in [4.78, 5) is 10.6. The molecule has 0 aliphatic carbocycles. The summed E-state index contributed by atoms with van der Waals surface area (Å²) < 4.78 is 0. The molecule has 0 atom stereocenters. The molecule has 0 aliphatic heterocycles. The van der Waals surface area contributed by atoms with Crippen molar-refractivity contribution in [2.45, 2.75) is 12.3 Å². The molecule has 5 heteroatoms. The Morgan fingerprint density at radius 3 is 2.67 bits per heavy atom. The van der Waals surface area contributed by atoms with E-state index in [9.17, 15) is 4.79 Å².